The number of para-hydroxylation sites is 3. The summed E-state index contributed by atoms with van der Waals surface area (Å²) in [7, 11) is 0. The molecule has 3 nitrogen and oxygen atoms in total. The lowest BCUT2D eigenvalue weighted by molar-refractivity contribution is 0.673. The van der Waals surface area contributed by atoms with Crippen molar-refractivity contribution in [3.8, 4) is 16.9 Å². The van der Waals surface area contributed by atoms with E-state index < -0.39 is 0 Å². The Labute approximate surface area is 203 Å². The second kappa shape index (κ2) is 7.57. The molecule has 0 aliphatic rings. The zero-order chi connectivity index (χ0) is 23.5. The normalized spacial score (nSPS) is 12.0. The van der Waals surface area contributed by atoms with E-state index in [9.17, 15) is 0 Å². The molecule has 0 spiro atoms. The van der Waals surface area contributed by atoms with Crippen molar-refractivity contribution in [1.29, 1.82) is 0 Å². The first-order valence-electron chi connectivity index (χ1n) is 12.1. The van der Waals surface area contributed by atoms with Crippen molar-refractivity contribution in [1.82, 2.24) is 9.55 Å². The molecule has 7 aromatic rings. The van der Waals surface area contributed by atoms with E-state index in [0.717, 1.165) is 49.8 Å². The molecule has 4 aromatic carbocycles. The summed E-state index contributed by atoms with van der Waals surface area (Å²) in [6.45, 7) is 4.42. The molecule has 0 aliphatic heterocycles. The number of aromatic nitrogens is 2. The molecule has 7 rings (SSSR count). The van der Waals surface area contributed by atoms with Crippen LogP contribution in [0.3, 0.4) is 0 Å². The van der Waals surface area contributed by atoms with Crippen molar-refractivity contribution in [3.05, 3.63) is 109 Å². The van der Waals surface area contributed by atoms with Gasteiger partial charge in [0.25, 0.3) is 0 Å². The largest absolute Gasteiger partial charge is 0.455 e. The SMILES string of the molecule is CC(C)c1ccnc(-c2cccc3c2oc2c3ccc3c2c2ccccc2n3-c2ccccc2)c1. The maximum Gasteiger partial charge on any atom is 0.145 e. The lowest BCUT2D eigenvalue weighted by Crippen LogP contribution is -1.92. The standard InChI is InChI=1S/C32H24N2O/c1-20(2)21-17-18-33-27(19-21)25-13-8-12-23-24-15-16-29-30(32(24)35-31(23)25)26-11-6-7-14-28(26)34(29)22-9-4-3-5-10-22/h3-20H,1-2H3. The van der Waals surface area contributed by atoms with Gasteiger partial charge in [0.1, 0.15) is 11.2 Å². The van der Waals surface area contributed by atoms with Crippen LogP contribution in [0.5, 0.6) is 0 Å². The van der Waals surface area contributed by atoms with Gasteiger partial charge in [0.15, 0.2) is 0 Å². The maximum absolute atomic E-state index is 6.76. The summed E-state index contributed by atoms with van der Waals surface area (Å²) in [4.78, 5) is 4.70. The Morgan fingerprint density at radius 1 is 0.686 bits per heavy atom. The number of hydrogen-bond donors (Lipinski definition) is 0. The fourth-order valence-corrected chi connectivity index (χ4v) is 5.32. The van der Waals surface area contributed by atoms with Gasteiger partial charge >= 0.3 is 0 Å². The van der Waals surface area contributed by atoms with Crippen LogP contribution in [0.4, 0.5) is 0 Å². The van der Waals surface area contributed by atoms with E-state index >= 15 is 0 Å². The van der Waals surface area contributed by atoms with Crippen molar-refractivity contribution < 1.29 is 4.42 Å². The van der Waals surface area contributed by atoms with Crippen LogP contribution in [-0.4, -0.2) is 9.55 Å². The minimum atomic E-state index is 0.440. The van der Waals surface area contributed by atoms with Gasteiger partial charge in [0.05, 0.1) is 22.1 Å². The van der Waals surface area contributed by atoms with Crippen LogP contribution in [0.1, 0.15) is 25.3 Å². The van der Waals surface area contributed by atoms with Crippen molar-refractivity contribution in [3.63, 3.8) is 0 Å². The summed E-state index contributed by atoms with van der Waals surface area (Å²) in [5.41, 5.74) is 8.53. The minimum Gasteiger partial charge on any atom is -0.455 e. The summed E-state index contributed by atoms with van der Waals surface area (Å²) in [6, 6.07) is 34.2. The molecule has 0 unspecified atom stereocenters. The molecule has 3 heteroatoms. The lowest BCUT2D eigenvalue weighted by atomic mass is 10.0. The Kier molecular flexibility index (Phi) is 4.34. The number of hydrogen-bond acceptors (Lipinski definition) is 2. The first-order chi connectivity index (χ1) is 17.2. The molecule has 168 valence electrons. The topological polar surface area (TPSA) is 31.0 Å². The molecule has 0 atom stereocenters. The van der Waals surface area contributed by atoms with Crippen LogP contribution in [0.15, 0.2) is 108 Å². The third kappa shape index (κ3) is 2.95. The zero-order valence-corrected chi connectivity index (χ0v) is 19.7. The number of rotatable bonds is 3. The Bertz CT molecular complexity index is 1870. The third-order valence-corrected chi connectivity index (χ3v) is 7.04. The van der Waals surface area contributed by atoms with Crippen molar-refractivity contribution in [2.75, 3.05) is 0 Å². The maximum atomic E-state index is 6.76. The minimum absolute atomic E-state index is 0.440. The molecule has 0 radical (unpaired) electrons. The number of nitrogens with zero attached hydrogens (tertiary/aromatic N) is 2. The molecular formula is C32H24N2O. The molecule has 3 heterocycles. The Morgan fingerprint density at radius 3 is 2.31 bits per heavy atom. The highest BCUT2D eigenvalue weighted by atomic mass is 16.3. The smallest absolute Gasteiger partial charge is 0.145 e. The van der Waals surface area contributed by atoms with Gasteiger partial charge in [-0.3, -0.25) is 4.98 Å². The van der Waals surface area contributed by atoms with Crippen LogP contribution < -0.4 is 0 Å². The van der Waals surface area contributed by atoms with E-state index in [1.165, 1.54) is 16.5 Å². The second-order valence-corrected chi connectivity index (χ2v) is 9.44. The highest BCUT2D eigenvalue weighted by Gasteiger charge is 2.20. The first kappa shape index (κ1) is 20.0. The van der Waals surface area contributed by atoms with Gasteiger partial charge in [-0.15, -0.1) is 0 Å². The van der Waals surface area contributed by atoms with E-state index in [-0.39, 0.29) is 0 Å². The van der Waals surface area contributed by atoms with Gasteiger partial charge in [-0.1, -0.05) is 62.4 Å². The van der Waals surface area contributed by atoms with Crippen molar-refractivity contribution >= 4 is 43.7 Å². The van der Waals surface area contributed by atoms with Crippen LogP contribution >= 0.6 is 0 Å². The number of fused-ring (bicyclic) bond motifs is 7. The molecule has 35 heavy (non-hydrogen) atoms. The molecule has 0 saturated heterocycles. The molecule has 0 saturated carbocycles. The van der Waals surface area contributed by atoms with Crippen molar-refractivity contribution in [2.45, 2.75) is 19.8 Å². The Hall–Kier alpha value is -4.37. The average Bonchev–Trinajstić information content (AvgIpc) is 3.45. The predicted octanol–water partition coefficient (Wildman–Crippen LogP) is 8.87. The number of pyridine rings is 1. The fraction of sp³-hybridized carbons (Fsp3) is 0.0938. The zero-order valence-electron chi connectivity index (χ0n) is 19.7. The van der Waals surface area contributed by atoms with Gasteiger partial charge in [-0.2, -0.15) is 0 Å². The highest BCUT2D eigenvalue weighted by molar-refractivity contribution is 6.24. The first-order valence-corrected chi connectivity index (χ1v) is 12.1. The van der Waals surface area contributed by atoms with E-state index in [4.69, 9.17) is 9.40 Å². The summed E-state index contributed by atoms with van der Waals surface area (Å²) >= 11 is 0. The second-order valence-electron chi connectivity index (χ2n) is 9.44. The third-order valence-electron chi connectivity index (χ3n) is 7.04. The summed E-state index contributed by atoms with van der Waals surface area (Å²) in [5, 5.41) is 4.59. The van der Waals surface area contributed by atoms with Gasteiger partial charge in [-0.25, -0.2) is 0 Å². The molecular weight excluding hydrogens is 428 g/mol. The monoisotopic (exact) mass is 452 g/mol. The van der Waals surface area contributed by atoms with Gasteiger partial charge < -0.3 is 8.98 Å². The lowest BCUT2D eigenvalue weighted by Gasteiger charge is -2.07. The fourth-order valence-electron chi connectivity index (χ4n) is 5.32. The summed E-state index contributed by atoms with van der Waals surface area (Å²) < 4.78 is 9.08. The van der Waals surface area contributed by atoms with Crippen LogP contribution in [0.2, 0.25) is 0 Å². The molecule has 0 N–H and O–H groups in total. The molecule has 0 fully saturated rings. The van der Waals surface area contributed by atoms with Crippen LogP contribution in [0.25, 0.3) is 60.7 Å². The Morgan fingerprint density at radius 2 is 1.46 bits per heavy atom. The molecule has 0 aliphatic carbocycles. The van der Waals surface area contributed by atoms with Crippen LogP contribution in [-0.2, 0) is 0 Å². The van der Waals surface area contributed by atoms with E-state index in [1.54, 1.807) is 0 Å². The van der Waals surface area contributed by atoms with Crippen LogP contribution in [0, 0.1) is 0 Å². The highest BCUT2D eigenvalue weighted by Crippen LogP contribution is 2.42. The van der Waals surface area contributed by atoms with Crippen molar-refractivity contribution in [2.24, 2.45) is 0 Å². The molecule has 0 amide bonds. The summed E-state index contributed by atoms with van der Waals surface area (Å²) in [5.74, 6) is 0.440. The van der Waals surface area contributed by atoms with Gasteiger partial charge in [0.2, 0.25) is 0 Å². The van der Waals surface area contributed by atoms with Gasteiger partial charge in [-0.05, 0) is 60.0 Å². The summed E-state index contributed by atoms with van der Waals surface area (Å²) in [6.07, 6.45) is 1.90. The molecule has 3 aromatic heterocycles. The predicted molar refractivity (Wildman–Crippen MR) is 145 cm³/mol. The number of benzene rings is 4. The Balaban J connectivity index is 1.59. The van der Waals surface area contributed by atoms with E-state index in [0.29, 0.717) is 5.92 Å². The van der Waals surface area contributed by atoms with E-state index in [2.05, 4.69) is 115 Å². The quantitative estimate of drug-likeness (QED) is 0.268. The number of furan rings is 1. The van der Waals surface area contributed by atoms with E-state index in [1.807, 2.05) is 6.20 Å². The molecule has 0 bridgehead atoms. The average molecular weight is 453 g/mol. The van der Waals surface area contributed by atoms with Gasteiger partial charge in [0, 0.05) is 33.6 Å².